The van der Waals surface area contributed by atoms with Gasteiger partial charge >= 0.3 is 0 Å². The molecule has 2 aliphatic rings. The molecule has 2 unspecified atom stereocenters. The molecule has 1 fully saturated rings. The van der Waals surface area contributed by atoms with E-state index in [0.29, 0.717) is 28.5 Å². The molecule has 0 heterocycles. The number of carbonyl (C=O) groups excluding carboxylic acids is 2. The maximum absolute atomic E-state index is 12.3. The summed E-state index contributed by atoms with van der Waals surface area (Å²) < 4.78 is 0. The van der Waals surface area contributed by atoms with E-state index in [2.05, 4.69) is 0 Å². The van der Waals surface area contributed by atoms with Crippen molar-refractivity contribution in [1.29, 1.82) is 0 Å². The van der Waals surface area contributed by atoms with Gasteiger partial charge in [-0.2, -0.15) is 0 Å². The van der Waals surface area contributed by atoms with E-state index in [9.17, 15) is 9.59 Å². The number of allylic oxidation sites excluding steroid dienone is 4. The van der Waals surface area contributed by atoms with Crippen LogP contribution in [0.3, 0.4) is 0 Å². The summed E-state index contributed by atoms with van der Waals surface area (Å²) in [5.74, 6) is 0.733. The van der Waals surface area contributed by atoms with Crippen molar-refractivity contribution in [3.63, 3.8) is 0 Å². The van der Waals surface area contributed by atoms with Crippen molar-refractivity contribution in [2.75, 3.05) is 0 Å². The van der Waals surface area contributed by atoms with E-state index in [1.807, 2.05) is 30.4 Å². The highest BCUT2D eigenvalue weighted by molar-refractivity contribution is 6.13. The lowest BCUT2D eigenvalue weighted by molar-refractivity contribution is -0.105. The smallest absolute Gasteiger partial charge is 0.193 e. The van der Waals surface area contributed by atoms with E-state index < -0.39 is 0 Å². The average Bonchev–Trinajstić information content (AvgIpc) is 3.17. The maximum Gasteiger partial charge on any atom is 0.193 e. The van der Waals surface area contributed by atoms with E-state index in [1.165, 1.54) is 0 Å². The zero-order valence-corrected chi connectivity index (χ0v) is 9.30. The van der Waals surface area contributed by atoms with Gasteiger partial charge in [0.25, 0.3) is 0 Å². The van der Waals surface area contributed by atoms with Crippen LogP contribution in [0.1, 0.15) is 16.8 Å². The molecule has 0 N–H and O–H groups in total. The largest absolute Gasteiger partial charge is 0.298 e. The second-order valence-electron chi connectivity index (χ2n) is 4.55. The van der Waals surface area contributed by atoms with Gasteiger partial charge in [0.05, 0.1) is 0 Å². The van der Waals surface area contributed by atoms with Crippen LogP contribution in [-0.2, 0) is 4.79 Å². The summed E-state index contributed by atoms with van der Waals surface area (Å²) in [4.78, 5) is 23.4. The molecule has 2 nitrogen and oxygen atoms in total. The molecule has 3 rings (SSSR count). The summed E-state index contributed by atoms with van der Waals surface area (Å²) in [7, 11) is 0. The van der Waals surface area contributed by atoms with Crippen molar-refractivity contribution < 1.29 is 9.59 Å². The van der Waals surface area contributed by atoms with E-state index in [0.717, 1.165) is 12.7 Å². The Morgan fingerprint density at radius 2 is 2.00 bits per heavy atom. The molecule has 0 saturated heterocycles. The fourth-order valence-corrected chi connectivity index (χ4v) is 2.40. The lowest BCUT2D eigenvalue weighted by Crippen LogP contribution is -2.09. The molecular formula is C15H12O2. The van der Waals surface area contributed by atoms with Gasteiger partial charge in [-0.1, -0.05) is 42.5 Å². The van der Waals surface area contributed by atoms with Crippen molar-refractivity contribution in [1.82, 2.24) is 0 Å². The molecule has 0 bridgehead atoms. The number of rotatable bonds is 3. The van der Waals surface area contributed by atoms with Crippen LogP contribution in [0.2, 0.25) is 0 Å². The highest BCUT2D eigenvalue weighted by Crippen LogP contribution is 2.48. The highest BCUT2D eigenvalue weighted by Gasteiger charge is 2.42. The normalized spacial score (nSPS) is 25.4. The Hall–Kier alpha value is -1.96. The van der Waals surface area contributed by atoms with Crippen LogP contribution in [-0.4, -0.2) is 12.1 Å². The van der Waals surface area contributed by atoms with Crippen LogP contribution in [0, 0.1) is 11.8 Å². The number of ketones is 1. The fraction of sp³-hybridized carbons (Fsp3) is 0.200. The minimum absolute atomic E-state index is 0.0469. The topological polar surface area (TPSA) is 34.1 Å². The van der Waals surface area contributed by atoms with E-state index in [1.54, 1.807) is 12.1 Å². The molecule has 17 heavy (non-hydrogen) atoms. The number of hydrogen-bond acceptors (Lipinski definition) is 2. The summed E-state index contributed by atoms with van der Waals surface area (Å²) in [5.41, 5.74) is 1.90. The lowest BCUT2D eigenvalue weighted by atomic mass is 9.92. The molecule has 2 aliphatic carbocycles. The van der Waals surface area contributed by atoms with Crippen LogP contribution < -0.4 is 0 Å². The molecular weight excluding hydrogens is 212 g/mol. The first-order valence-electron chi connectivity index (χ1n) is 5.78. The summed E-state index contributed by atoms with van der Waals surface area (Å²) in [6.07, 6.45) is 5.72. The predicted molar refractivity (Wildman–Crippen MR) is 64.6 cm³/mol. The van der Waals surface area contributed by atoms with Gasteiger partial charge in [0.2, 0.25) is 0 Å². The van der Waals surface area contributed by atoms with Gasteiger partial charge in [-0.25, -0.2) is 0 Å². The first-order valence-corrected chi connectivity index (χ1v) is 5.78. The molecule has 0 radical (unpaired) electrons. The summed E-state index contributed by atoms with van der Waals surface area (Å²) in [6.45, 7) is 0. The first kappa shape index (κ1) is 10.2. The lowest BCUT2D eigenvalue weighted by Gasteiger charge is -2.10. The van der Waals surface area contributed by atoms with Crippen molar-refractivity contribution >= 4 is 12.1 Å². The van der Waals surface area contributed by atoms with Crippen molar-refractivity contribution in [3.8, 4) is 0 Å². The Labute approximate surface area is 99.6 Å². The SMILES string of the molecule is O=CC1=C(C(=O)c2ccccc2)C=CC2CC12. The van der Waals surface area contributed by atoms with Gasteiger partial charge in [0.1, 0.15) is 6.29 Å². The number of carbonyl (C=O) groups is 2. The second-order valence-corrected chi connectivity index (χ2v) is 4.55. The van der Waals surface area contributed by atoms with Crippen LogP contribution in [0.5, 0.6) is 0 Å². The molecule has 2 atom stereocenters. The molecule has 0 aromatic heterocycles. The fourth-order valence-electron chi connectivity index (χ4n) is 2.40. The number of Topliss-reactive ketones (excluding diaryl/α,β-unsaturated/α-hetero) is 1. The van der Waals surface area contributed by atoms with Gasteiger partial charge in [0, 0.05) is 16.7 Å². The first-order chi connectivity index (χ1) is 8.31. The minimum Gasteiger partial charge on any atom is -0.298 e. The van der Waals surface area contributed by atoms with Crippen molar-refractivity contribution in [3.05, 3.63) is 59.2 Å². The third-order valence-corrected chi connectivity index (χ3v) is 3.47. The maximum atomic E-state index is 12.3. The Morgan fingerprint density at radius 3 is 2.71 bits per heavy atom. The van der Waals surface area contributed by atoms with Crippen LogP contribution in [0.4, 0.5) is 0 Å². The predicted octanol–water partition coefficient (Wildman–Crippen LogP) is 2.57. The Kier molecular flexibility index (Phi) is 2.29. The Balaban J connectivity index is 2.01. The number of hydrogen-bond donors (Lipinski definition) is 0. The molecule has 2 heteroatoms. The molecule has 0 amide bonds. The monoisotopic (exact) mass is 224 g/mol. The molecule has 0 spiro atoms. The molecule has 1 saturated carbocycles. The number of benzene rings is 1. The summed E-state index contributed by atoms with van der Waals surface area (Å²) in [6, 6.07) is 9.11. The van der Waals surface area contributed by atoms with Gasteiger partial charge in [0.15, 0.2) is 5.78 Å². The number of fused-ring (bicyclic) bond motifs is 1. The van der Waals surface area contributed by atoms with Gasteiger partial charge in [-0.3, -0.25) is 9.59 Å². The molecule has 1 aromatic carbocycles. The van der Waals surface area contributed by atoms with E-state index >= 15 is 0 Å². The van der Waals surface area contributed by atoms with Gasteiger partial charge in [-0.15, -0.1) is 0 Å². The van der Waals surface area contributed by atoms with Gasteiger partial charge < -0.3 is 0 Å². The van der Waals surface area contributed by atoms with Crippen LogP contribution >= 0.6 is 0 Å². The summed E-state index contributed by atoms with van der Waals surface area (Å²) in [5, 5.41) is 0. The quantitative estimate of drug-likeness (QED) is 0.584. The standard InChI is InChI=1S/C15H12O2/c16-9-14-12(7-6-11-8-13(11)14)15(17)10-4-2-1-3-5-10/h1-7,9,11,13H,8H2. The molecule has 0 aliphatic heterocycles. The third-order valence-electron chi connectivity index (χ3n) is 3.47. The Morgan fingerprint density at radius 1 is 1.24 bits per heavy atom. The van der Waals surface area contributed by atoms with Crippen molar-refractivity contribution in [2.45, 2.75) is 6.42 Å². The highest BCUT2D eigenvalue weighted by atomic mass is 16.1. The van der Waals surface area contributed by atoms with Crippen LogP contribution in [0.25, 0.3) is 0 Å². The van der Waals surface area contributed by atoms with Gasteiger partial charge in [-0.05, 0) is 18.3 Å². The third kappa shape index (κ3) is 1.66. The minimum atomic E-state index is -0.0469. The molecule has 84 valence electrons. The number of aldehydes is 1. The Bertz CT molecular complexity index is 537. The van der Waals surface area contributed by atoms with Crippen molar-refractivity contribution in [2.24, 2.45) is 11.8 Å². The van der Waals surface area contributed by atoms with Crippen LogP contribution in [0.15, 0.2) is 53.6 Å². The van der Waals surface area contributed by atoms with E-state index in [4.69, 9.17) is 0 Å². The van der Waals surface area contributed by atoms with E-state index in [-0.39, 0.29) is 5.78 Å². The zero-order chi connectivity index (χ0) is 11.8. The average molecular weight is 224 g/mol. The summed E-state index contributed by atoms with van der Waals surface area (Å²) >= 11 is 0. The second kappa shape index (κ2) is 3.81. The molecule has 1 aromatic rings. The zero-order valence-electron chi connectivity index (χ0n) is 9.30.